The molecule has 3 heteroatoms. The molecule has 0 heterocycles. The largest absolute Gasteiger partial charge is 0.293 e. The maximum atomic E-state index is 11.4. The maximum Gasteiger partial charge on any atom is 0.176 e. The monoisotopic (exact) mass is 290 g/mol. The summed E-state index contributed by atoms with van der Waals surface area (Å²) in [5.74, 6) is 0.113. The minimum Gasteiger partial charge on any atom is -0.293 e. The Kier molecular flexibility index (Phi) is 3.47. The van der Waals surface area contributed by atoms with E-state index < -0.39 is 0 Å². The van der Waals surface area contributed by atoms with E-state index >= 15 is 0 Å². The molecule has 0 fully saturated rings. The predicted octanol–water partition coefficient (Wildman–Crippen LogP) is 3.42. The van der Waals surface area contributed by atoms with E-state index in [2.05, 4.69) is 31.9 Å². The average Bonchev–Trinajstić information content (AvgIpc) is 2.04. The first-order valence-corrected chi connectivity index (χ1v) is 5.26. The Labute approximate surface area is 88.4 Å². The highest BCUT2D eigenvalue weighted by Crippen LogP contribution is 2.14. The van der Waals surface area contributed by atoms with Crippen molar-refractivity contribution in [3.63, 3.8) is 0 Å². The summed E-state index contributed by atoms with van der Waals surface area (Å²) in [5, 5.41) is 0. The number of rotatable bonds is 2. The average molecular weight is 292 g/mol. The number of hydrogen-bond acceptors (Lipinski definition) is 1. The summed E-state index contributed by atoms with van der Waals surface area (Å²) in [7, 11) is 0. The molecule has 1 nitrogen and oxygen atoms in total. The van der Waals surface area contributed by atoms with Crippen LogP contribution in [0, 0.1) is 0 Å². The number of halogens is 2. The van der Waals surface area contributed by atoms with Crippen molar-refractivity contribution in [3.8, 4) is 0 Å². The van der Waals surface area contributed by atoms with Crippen LogP contribution in [0.4, 0.5) is 0 Å². The zero-order valence-electron chi connectivity index (χ0n) is 6.55. The molecule has 0 amide bonds. The van der Waals surface area contributed by atoms with Crippen LogP contribution in [0.2, 0.25) is 0 Å². The van der Waals surface area contributed by atoms with E-state index in [-0.39, 0.29) is 10.6 Å². The van der Waals surface area contributed by atoms with E-state index in [1.54, 1.807) is 0 Å². The molecule has 0 spiro atoms. The highest BCUT2D eigenvalue weighted by molar-refractivity contribution is 9.10. The molecule has 1 rings (SSSR count). The second kappa shape index (κ2) is 4.19. The molecular formula is C9H8Br2O. The van der Waals surface area contributed by atoms with Gasteiger partial charge in [-0.3, -0.25) is 4.79 Å². The fourth-order valence-corrected chi connectivity index (χ4v) is 1.37. The number of carbonyl (C=O) groups is 1. The topological polar surface area (TPSA) is 17.1 Å². The summed E-state index contributed by atoms with van der Waals surface area (Å²) in [6, 6.07) is 7.35. The molecule has 1 aromatic rings. The second-order valence-corrected chi connectivity index (χ2v) is 4.78. The maximum absolute atomic E-state index is 11.4. The summed E-state index contributed by atoms with van der Waals surface area (Å²) in [6.45, 7) is 1.82. The van der Waals surface area contributed by atoms with Crippen molar-refractivity contribution in [1.82, 2.24) is 0 Å². The predicted molar refractivity (Wildman–Crippen MR) is 56.9 cm³/mol. The zero-order valence-corrected chi connectivity index (χ0v) is 9.72. The molecule has 1 atom stereocenters. The molecule has 0 aliphatic carbocycles. The van der Waals surface area contributed by atoms with Gasteiger partial charge in [-0.1, -0.05) is 44.0 Å². The molecule has 0 saturated heterocycles. The van der Waals surface area contributed by atoms with E-state index in [0.29, 0.717) is 0 Å². The Bertz CT molecular complexity index is 277. The lowest BCUT2D eigenvalue weighted by atomic mass is 10.1. The SMILES string of the molecule is C[C@H](Br)C(=O)c1ccc(Br)cc1. The molecule has 1 aromatic carbocycles. The number of carbonyl (C=O) groups excluding carboxylic acids is 1. The Hall–Kier alpha value is -0.150. The van der Waals surface area contributed by atoms with Crippen LogP contribution in [0.3, 0.4) is 0 Å². The molecule has 64 valence electrons. The van der Waals surface area contributed by atoms with E-state index in [1.165, 1.54) is 0 Å². The Balaban J connectivity index is 2.90. The quantitative estimate of drug-likeness (QED) is 0.603. The van der Waals surface area contributed by atoms with E-state index in [1.807, 2.05) is 31.2 Å². The molecule has 0 radical (unpaired) electrons. The van der Waals surface area contributed by atoms with Gasteiger partial charge in [-0.25, -0.2) is 0 Å². The van der Waals surface area contributed by atoms with Crippen molar-refractivity contribution in [2.75, 3.05) is 0 Å². The minimum atomic E-state index is -0.112. The van der Waals surface area contributed by atoms with Gasteiger partial charge in [0, 0.05) is 10.0 Å². The first kappa shape index (κ1) is 9.93. The standard InChI is InChI=1S/C9H8Br2O/c1-6(10)9(12)7-2-4-8(11)5-3-7/h2-6H,1H3/t6-/m0/s1. The summed E-state index contributed by atoms with van der Waals surface area (Å²) >= 11 is 6.54. The van der Waals surface area contributed by atoms with Crippen LogP contribution in [0.1, 0.15) is 17.3 Å². The van der Waals surface area contributed by atoms with Gasteiger partial charge in [0.05, 0.1) is 4.83 Å². The lowest BCUT2D eigenvalue weighted by molar-refractivity contribution is 0.0996. The third-order valence-corrected chi connectivity index (χ3v) is 2.43. The highest BCUT2D eigenvalue weighted by Gasteiger charge is 2.10. The van der Waals surface area contributed by atoms with Gasteiger partial charge < -0.3 is 0 Å². The number of hydrogen-bond donors (Lipinski definition) is 0. The van der Waals surface area contributed by atoms with Gasteiger partial charge in [0.2, 0.25) is 0 Å². The van der Waals surface area contributed by atoms with Gasteiger partial charge in [0.15, 0.2) is 5.78 Å². The summed E-state index contributed by atoms with van der Waals surface area (Å²) in [4.78, 5) is 11.3. The second-order valence-electron chi connectivity index (χ2n) is 2.49. The lowest BCUT2D eigenvalue weighted by Gasteiger charge is -2.01. The van der Waals surface area contributed by atoms with Crippen LogP contribution >= 0.6 is 31.9 Å². The van der Waals surface area contributed by atoms with Crippen molar-refractivity contribution >= 4 is 37.6 Å². The van der Waals surface area contributed by atoms with Crippen molar-refractivity contribution in [2.24, 2.45) is 0 Å². The molecule has 0 saturated carbocycles. The molecule has 0 N–H and O–H groups in total. The minimum absolute atomic E-state index is 0.112. The van der Waals surface area contributed by atoms with Crippen LogP contribution in [-0.2, 0) is 0 Å². The van der Waals surface area contributed by atoms with Gasteiger partial charge in [-0.15, -0.1) is 0 Å². The molecule has 0 aromatic heterocycles. The smallest absolute Gasteiger partial charge is 0.176 e. The Morgan fingerprint density at radius 3 is 2.25 bits per heavy atom. The molecule has 0 bridgehead atoms. The molecule has 12 heavy (non-hydrogen) atoms. The van der Waals surface area contributed by atoms with Crippen molar-refractivity contribution in [2.45, 2.75) is 11.8 Å². The van der Waals surface area contributed by atoms with Crippen LogP contribution < -0.4 is 0 Å². The van der Waals surface area contributed by atoms with Crippen LogP contribution in [0.25, 0.3) is 0 Å². The van der Waals surface area contributed by atoms with Gasteiger partial charge in [0.1, 0.15) is 0 Å². The summed E-state index contributed by atoms with van der Waals surface area (Å²) < 4.78 is 0.987. The first-order valence-electron chi connectivity index (χ1n) is 3.55. The normalized spacial score (nSPS) is 12.6. The fraction of sp³-hybridized carbons (Fsp3) is 0.222. The van der Waals surface area contributed by atoms with Crippen LogP contribution in [0.15, 0.2) is 28.7 Å². The van der Waals surface area contributed by atoms with Gasteiger partial charge in [0.25, 0.3) is 0 Å². The number of ketones is 1. The van der Waals surface area contributed by atoms with Gasteiger partial charge in [-0.2, -0.15) is 0 Å². The summed E-state index contributed by atoms with van der Waals surface area (Å²) in [6.07, 6.45) is 0. The summed E-state index contributed by atoms with van der Waals surface area (Å²) in [5.41, 5.74) is 0.738. The van der Waals surface area contributed by atoms with Crippen LogP contribution in [-0.4, -0.2) is 10.6 Å². The number of benzene rings is 1. The third kappa shape index (κ3) is 2.42. The van der Waals surface area contributed by atoms with Gasteiger partial charge >= 0.3 is 0 Å². The number of Topliss-reactive ketones (excluding diaryl/α,β-unsaturated/α-hetero) is 1. The third-order valence-electron chi connectivity index (χ3n) is 1.49. The zero-order chi connectivity index (χ0) is 9.14. The number of alkyl halides is 1. The van der Waals surface area contributed by atoms with Crippen molar-refractivity contribution in [3.05, 3.63) is 34.3 Å². The van der Waals surface area contributed by atoms with E-state index in [9.17, 15) is 4.79 Å². The highest BCUT2D eigenvalue weighted by atomic mass is 79.9. The fourth-order valence-electron chi connectivity index (χ4n) is 0.844. The molecular weight excluding hydrogens is 284 g/mol. The molecule has 0 aliphatic heterocycles. The van der Waals surface area contributed by atoms with Crippen molar-refractivity contribution < 1.29 is 4.79 Å². The Morgan fingerprint density at radius 2 is 1.83 bits per heavy atom. The van der Waals surface area contributed by atoms with E-state index in [0.717, 1.165) is 10.0 Å². The van der Waals surface area contributed by atoms with Crippen LogP contribution in [0.5, 0.6) is 0 Å². The molecule has 0 aliphatic rings. The van der Waals surface area contributed by atoms with E-state index in [4.69, 9.17) is 0 Å². The lowest BCUT2D eigenvalue weighted by Crippen LogP contribution is -2.09. The van der Waals surface area contributed by atoms with Crippen molar-refractivity contribution in [1.29, 1.82) is 0 Å². The Morgan fingerprint density at radius 1 is 1.33 bits per heavy atom. The molecule has 0 unspecified atom stereocenters. The first-order chi connectivity index (χ1) is 5.61. The van der Waals surface area contributed by atoms with Gasteiger partial charge in [-0.05, 0) is 19.1 Å².